The molecule has 14 nitrogen and oxygen atoms in total. The number of fused-ring (bicyclic) bond motifs is 8. The van der Waals surface area contributed by atoms with Crippen molar-refractivity contribution >= 4 is 212 Å². The molecule has 0 N–H and O–H groups in total. The molecule has 12 rings (SSSR count). The van der Waals surface area contributed by atoms with Crippen LogP contribution in [-0.4, -0.2) is 116 Å². The van der Waals surface area contributed by atoms with E-state index in [0.717, 1.165) is 134 Å². The standard InChI is InChI=1S/C49H63N3O4S3.C41H55NO4S2.C6H2Br2N2S.6CH3.2Sn/c1-5-7-9-11-13-15-17-19-21-23-27-55-48(53)36-30-37(49(54)56-28-24-22-20-18-16-14-12-10-8-6-2)32-38(31-36)50-44-40-29-35(4)57-46(40)47-41(44)33-42(58-47)39-26-25-34(3)43-45(39)52-59-51-43;1-3-5-7-9-11-13-15-17-19-21-25-45-40(43)32-29-33(41(44)46-26-22-20-18-16-14-12-10-8-6-4-2)31-34(30-32)42-37-35-23-27-47-38(35)39-36(37)24-28-48-39;7-3-1-2-4(8)6-5(3)9-11-10-6;;;;;;;;/h25-26,29-33H,5-24,27-28H2,1-4H3;23-24,29-31H,3-22,25-26H2,1-2H3;1-2H;6*1H3;;. The Morgan fingerprint density at radius 2 is 0.603 bits per heavy atom. The van der Waals surface area contributed by atoms with Crippen LogP contribution in [0.2, 0.25) is 29.6 Å². The third-order valence-electron chi connectivity index (χ3n) is 23.3. The van der Waals surface area contributed by atoms with E-state index in [1.807, 2.05) is 34.8 Å². The fourth-order valence-electron chi connectivity index (χ4n) is 15.9. The molecule has 0 saturated carbocycles. The van der Waals surface area contributed by atoms with Gasteiger partial charge >= 0.3 is 243 Å². The Morgan fingerprint density at radius 1 is 0.317 bits per heavy atom. The number of hydrogen-bond acceptors (Lipinski definition) is 20. The van der Waals surface area contributed by atoms with Gasteiger partial charge in [-0.15, -0.1) is 22.7 Å². The van der Waals surface area contributed by atoms with Gasteiger partial charge in [0, 0.05) is 35.4 Å². The normalized spacial score (nSPS) is 12.5. The van der Waals surface area contributed by atoms with Crippen LogP contribution in [0.25, 0.3) is 52.0 Å². The summed E-state index contributed by atoms with van der Waals surface area (Å²) < 4.78 is 45.7. The topological polar surface area (TPSA) is 181 Å². The van der Waals surface area contributed by atoms with Gasteiger partial charge in [0.1, 0.15) is 22.1 Å². The first-order valence-corrected chi connectivity index (χ1v) is 73.8. The molecule has 0 radical (unpaired) electrons. The van der Waals surface area contributed by atoms with Crippen LogP contribution in [0.1, 0.15) is 359 Å². The number of ether oxygens (including phenoxy) is 4. The number of thiophene rings is 4. The van der Waals surface area contributed by atoms with E-state index >= 15 is 0 Å². The average Bonchev–Trinajstić information content (AvgIpc) is 1.57. The van der Waals surface area contributed by atoms with E-state index in [1.165, 1.54) is 257 Å². The fraction of sp³-hybridized carbons (Fsp3) is 0.549. The maximum Gasteiger partial charge on any atom is 0.338 e. The van der Waals surface area contributed by atoms with Crippen LogP contribution in [0, 0.1) is 13.8 Å². The van der Waals surface area contributed by atoms with Gasteiger partial charge in [-0.3, -0.25) is 0 Å². The molecule has 682 valence electrons. The van der Waals surface area contributed by atoms with Crippen molar-refractivity contribution in [3.05, 3.63) is 149 Å². The quantitative estimate of drug-likeness (QED) is 0.0152. The number of halogens is 2. The van der Waals surface area contributed by atoms with Crippen LogP contribution in [0.5, 0.6) is 0 Å². The van der Waals surface area contributed by atoms with Gasteiger partial charge in [-0.2, -0.15) is 17.5 Å². The Balaban J connectivity index is 0.000000233. The molecule has 0 spiro atoms. The molecule has 126 heavy (non-hydrogen) atoms. The van der Waals surface area contributed by atoms with E-state index in [2.05, 4.69) is 157 Å². The number of hydrogen-bond donors (Lipinski definition) is 0. The van der Waals surface area contributed by atoms with Gasteiger partial charge in [0.25, 0.3) is 0 Å². The van der Waals surface area contributed by atoms with Crippen LogP contribution in [-0.2, 0) is 18.9 Å². The number of aromatic nitrogens is 4. The molecule has 2 aliphatic carbocycles. The summed E-state index contributed by atoms with van der Waals surface area (Å²) in [5.41, 5.74) is 14.7. The van der Waals surface area contributed by atoms with Crippen LogP contribution in [0.3, 0.4) is 0 Å². The molecule has 10 aromatic rings. The minimum Gasteiger partial charge on any atom is -0.462 e. The number of benzene rings is 4. The summed E-state index contributed by atoms with van der Waals surface area (Å²) in [5.74, 6) is -1.69. The van der Waals surface area contributed by atoms with Crippen molar-refractivity contribution < 1.29 is 38.1 Å². The molecular weight excluding hydrogens is 2030 g/mol. The number of esters is 4. The largest absolute Gasteiger partial charge is 0.462 e. The summed E-state index contributed by atoms with van der Waals surface area (Å²) in [7, 11) is 0. The molecule has 0 bridgehead atoms. The van der Waals surface area contributed by atoms with Crippen LogP contribution in [0.15, 0.2) is 104 Å². The van der Waals surface area contributed by atoms with Gasteiger partial charge in [0.05, 0.1) is 69.0 Å². The smallest absolute Gasteiger partial charge is 0.338 e. The maximum absolute atomic E-state index is 13.6. The van der Waals surface area contributed by atoms with Crippen molar-refractivity contribution in [2.45, 2.75) is 328 Å². The zero-order chi connectivity index (χ0) is 89.8. The van der Waals surface area contributed by atoms with Gasteiger partial charge in [-0.05, 0) is 107 Å². The Morgan fingerprint density at radius 3 is 0.937 bits per heavy atom. The van der Waals surface area contributed by atoms with Crippen LogP contribution >= 0.6 is 101 Å². The number of rotatable bonds is 53. The molecule has 24 heteroatoms. The Bertz CT molecular complexity index is 4970. The van der Waals surface area contributed by atoms with Crippen molar-refractivity contribution in [2.75, 3.05) is 26.4 Å². The molecular formula is C102H138Br2N6O8S6Sn2. The minimum absolute atomic E-state index is 0.314. The first-order chi connectivity index (χ1) is 61.0. The number of aryl methyl sites for hydroxylation is 2. The first kappa shape index (κ1) is 103. The number of carbonyl (C=O) groups is 4. The Kier molecular flexibility index (Phi) is 44.5. The Hall–Kier alpha value is -4.90. The molecule has 0 saturated heterocycles. The van der Waals surface area contributed by atoms with E-state index in [0.29, 0.717) is 60.1 Å². The predicted octanol–water partition coefficient (Wildman–Crippen LogP) is 32.8. The van der Waals surface area contributed by atoms with Gasteiger partial charge < -0.3 is 9.47 Å². The fourth-order valence-corrected chi connectivity index (χ4v) is 33.4. The van der Waals surface area contributed by atoms with Crippen molar-refractivity contribution in [2.24, 2.45) is 9.98 Å². The van der Waals surface area contributed by atoms with E-state index in [4.69, 9.17) is 28.9 Å². The summed E-state index contributed by atoms with van der Waals surface area (Å²) in [6.07, 6.45) is 48.7. The molecule has 4 aromatic carbocycles. The Labute approximate surface area is 802 Å². The molecule has 0 amide bonds. The third kappa shape index (κ3) is 31.6. The molecule has 0 unspecified atom stereocenters. The zero-order valence-electron chi connectivity index (χ0n) is 77.4. The van der Waals surface area contributed by atoms with E-state index in [-0.39, 0.29) is 0 Å². The summed E-state index contributed by atoms with van der Waals surface area (Å²) in [5, 5.41) is 0. The van der Waals surface area contributed by atoms with Crippen molar-refractivity contribution in [1.29, 1.82) is 0 Å². The number of aliphatic imine (C=N–C) groups is 2. The second kappa shape index (κ2) is 54.3. The molecule has 6 heterocycles. The van der Waals surface area contributed by atoms with E-state index in [1.54, 1.807) is 59.1 Å². The molecule has 6 aromatic heterocycles. The van der Waals surface area contributed by atoms with Crippen molar-refractivity contribution in [3.63, 3.8) is 0 Å². The van der Waals surface area contributed by atoms with Crippen LogP contribution < -0.4 is 5.79 Å². The van der Waals surface area contributed by atoms with Gasteiger partial charge in [-0.25, -0.2) is 14.6 Å². The van der Waals surface area contributed by atoms with Gasteiger partial charge in [0.15, 0.2) is 0 Å². The maximum atomic E-state index is 13.6. The molecule has 2 aliphatic rings. The minimum atomic E-state index is -2.36. The second-order valence-corrected chi connectivity index (χ2v) is 74.3. The van der Waals surface area contributed by atoms with Gasteiger partial charge in [-0.1, -0.05) is 271 Å². The number of carbonyl (C=O) groups excluding carboxylic acids is 4. The monoisotopic (exact) mass is 2160 g/mol. The summed E-state index contributed by atoms with van der Waals surface area (Å²) in [4.78, 5) is 86.9. The van der Waals surface area contributed by atoms with Crippen molar-refractivity contribution in [3.8, 4) is 29.9 Å². The summed E-state index contributed by atoms with van der Waals surface area (Å²) in [6.45, 7) is 14.7. The number of nitrogens with zero attached hydrogens (tertiary/aromatic N) is 6. The molecule has 0 fully saturated rings. The van der Waals surface area contributed by atoms with Gasteiger partial charge in [0.2, 0.25) is 0 Å². The van der Waals surface area contributed by atoms with E-state index < -0.39 is 60.6 Å². The molecule has 0 atom stereocenters. The summed E-state index contributed by atoms with van der Waals surface area (Å²) >= 11 is 12.0. The zero-order valence-corrected chi connectivity index (χ0v) is 91.1. The van der Waals surface area contributed by atoms with E-state index in [9.17, 15) is 19.2 Å². The first-order valence-electron chi connectivity index (χ1n) is 47.5. The SMILES string of the molecule is Brc1ccc(Br)c2nsnc12.CCCCCCCCCCCCOC(=O)c1cc(N=C2c3c[c]([Sn]([CH3])([CH3])[CH3])sc3-c3s[c]([Sn]([CH3])([CH3])[CH3])cc32)cc(C(=O)OCCCCCCCCCCCC)c1.CCCCCCCCCCCCOC(=O)c1cc(N=C2c3cc(C)sc3-c3sc(-c4ccc(C)c5nsnc45)cc32)cc(C(=O)OCCCCCCCCCCCC)c1. The number of unbranched alkanes of at least 4 members (excludes halogenated alkanes) is 36. The van der Waals surface area contributed by atoms with Crippen LogP contribution in [0.4, 0.5) is 11.4 Å². The molecule has 0 aliphatic heterocycles. The predicted molar refractivity (Wildman–Crippen MR) is 552 cm³/mol. The third-order valence-corrected chi connectivity index (χ3v) is 49.4. The van der Waals surface area contributed by atoms with Crippen molar-refractivity contribution in [1.82, 2.24) is 17.5 Å². The second-order valence-electron chi connectivity index (χ2n) is 36.3. The summed E-state index contributed by atoms with van der Waals surface area (Å²) in [6, 6.07) is 27.7. The average molecular weight is 2170 g/mol.